The highest BCUT2D eigenvalue weighted by molar-refractivity contribution is 5.90. The summed E-state index contributed by atoms with van der Waals surface area (Å²) in [7, 11) is 1.23. The van der Waals surface area contributed by atoms with Gasteiger partial charge in [-0.15, -0.1) is 6.58 Å². The fourth-order valence-electron chi connectivity index (χ4n) is 4.56. The first-order chi connectivity index (χ1) is 19.7. The fourth-order valence-corrected chi connectivity index (χ4v) is 4.56. The van der Waals surface area contributed by atoms with Crippen LogP contribution in [0.15, 0.2) is 67.5 Å². The van der Waals surface area contributed by atoms with E-state index in [4.69, 9.17) is 18.9 Å². The number of methoxy groups -OCH3 is 1. The lowest BCUT2D eigenvalue weighted by atomic mass is 10.0. The Morgan fingerprint density at radius 3 is 2.24 bits per heavy atom. The third-order valence-electron chi connectivity index (χ3n) is 6.80. The van der Waals surface area contributed by atoms with E-state index >= 15 is 0 Å². The van der Waals surface area contributed by atoms with E-state index in [1.165, 1.54) is 13.4 Å². The van der Waals surface area contributed by atoms with E-state index in [-0.39, 0.29) is 25.1 Å². The van der Waals surface area contributed by atoms with E-state index in [0.717, 1.165) is 11.1 Å². The van der Waals surface area contributed by atoms with Crippen LogP contribution < -0.4 is 0 Å². The molecule has 3 aromatic rings. The van der Waals surface area contributed by atoms with Crippen LogP contribution in [0, 0.1) is 25.2 Å². The van der Waals surface area contributed by atoms with E-state index in [2.05, 4.69) is 17.6 Å². The van der Waals surface area contributed by atoms with Gasteiger partial charge in [-0.05, 0) is 44.5 Å². The molecule has 1 aliphatic rings. The highest BCUT2D eigenvalue weighted by atomic mass is 16.6. The molecule has 1 unspecified atom stereocenters. The Hall–Kier alpha value is -4.75. The van der Waals surface area contributed by atoms with Crippen molar-refractivity contribution in [2.45, 2.75) is 51.0 Å². The number of aromatic nitrogens is 2. The summed E-state index contributed by atoms with van der Waals surface area (Å²) in [4.78, 5) is 42.4. The van der Waals surface area contributed by atoms with Crippen molar-refractivity contribution in [2.75, 3.05) is 13.7 Å². The number of imidazole rings is 1. The Bertz CT molecular complexity index is 1450. The normalized spacial score (nSPS) is 18.6. The number of esters is 3. The van der Waals surface area contributed by atoms with Gasteiger partial charge >= 0.3 is 17.9 Å². The van der Waals surface area contributed by atoms with E-state index in [0.29, 0.717) is 16.8 Å². The van der Waals surface area contributed by atoms with Gasteiger partial charge in [0.15, 0.2) is 5.69 Å². The Labute approximate surface area is 238 Å². The molecule has 0 spiro atoms. The molecule has 0 saturated carbocycles. The van der Waals surface area contributed by atoms with Gasteiger partial charge in [0.1, 0.15) is 25.0 Å². The third kappa shape index (κ3) is 6.70. The number of hydrogen-bond acceptors (Lipinski definition) is 9. The van der Waals surface area contributed by atoms with E-state index in [1.807, 2.05) is 13.8 Å². The summed E-state index contributed by atoms with van der Waals surface area (Å²) in [5.74, 6) is -2.57. The Balaban J connectivity index is 1.61. The zero-order valence-electron chi connectivity index (χ0n) is 23.1. The first-order valence-corrected chi connectivity index (χ1v) is 13.1. The van der Waals surface area contributed by atoms with Crippen molar-refractivity contribution in [2.24, 2.45) is 0 Å². The number of hydrogen-bond donors (Lipinski definition) is 0. The number of nitriles is 1. The maximum atomic E-state index is 13.0. The van der Waals surface area contributed by atoms with Gasteiger partial charge in [-0.3, -0.25) is 0 Å². The van der Waals surface area contributed by atoms with Gasteiger partial charge in [0.25, 0.3) is 0 Å². The second kappa shape index (κ2) is 13.1. The summed E-state index contributed by atoms with van der Waals surface area (Å²) < 4.78 is 24.1. The summed E-state index contributed by atoms with van der Waals surface area (Å²) in [6.07, 6.45) is 0.941. The number of carbonyl (C=O) groups is 3. The van der Waals surface area contributed by atoms with Crippen molar-refractivity contribution in [3.05, 3.63) is 101 Å². The number of carbonyl (C=O) groups excluding carboxylic acids is 3. The number of aryl methyl sites for hydroxylation is 2. The first-order valence-electron chi connectivity index (χ1n) is 13.1. The molecule has 212 valence electrons. The molecule has 0 bridgehead atoms. The molecule has 0 amide bonds. The minimum Gasteiger partial charge on any atom is -0.464 e. The van der Waals surface area contributed by atoms with Crippen molar-refractivity contribution in [1.29, 1.82) is 5.26 Å². The Kier molecular flexibility index (Phi) is 9.32. The average molecular weight is 558 g/mol. The maximum absolute atomic E-state index is 13.0. The van der Waals surface area contributed by atoms with Crippen LogP contribution in [0.5, 0.6) is 0 Å². The lowest BCUT2D eigenvalue weighted by Gasteiger charge is -2.20. The van der Waals surface area contributed by atoms with Gasteiger partial charge in [0.05, 0.1) is 42.2 Å². The quantitative estimate of drug-likeness (QED) is 0.195. The first kappa shape index (κ1) is 29.2. The van der Waals surface area contributed by atoms with Crippen LogP contribution in [0.1, 0.15) is 73.0 Å². The van der Waals surface area contributed by atoms with Crippen molar-refractivity contribution in [3.63, 3.8) is 0 Å². The van der Waals surface area contributed by atoms with Gasteiger partial charge in [-0.1, -0.05) is 41.5 Å². The standard InChI is InChI=1S/C31H31N3O7/c1-5-6-23(16-32)28-27(31(37)38-4)33-18-34(28)26-15-24(41-30(36)22-13-9-20(3)10-14-22)25(40-26)17-39-29(35)21-11-7-19(2)8-12-21/h5,7-14,18,23-26H,1,6,15,17H2,2-4H3/t23?,24-,25+,26+/m0/s1. The third-order valence-corrected chi connectivity index (χ3v) is 6.80. The molecule has 2 heterocycles. The van der Waals surface area contributed by atoms with Crippen LogP contribution in [0.2, 0.25) is 0 Å². The topological polar surface area (TPSA) is 130 Å². The monoisotopic (exact) mass is 557 g/mol. The highest BCUT2D eigenvalue weighted by Crippen LogP contribution is 2.36. The molecule has 1 saturated heterocycles. The largest absolute Gasteiger partial charge is 0.464 e. The van der Waals surface area contributed by atoms with Gasteiger partial charge < -0.3 is 23.5 Å². The molecule has 1 aliphatic heterocycles. The summed E-state index contributed by atoms with van der Waals surface area (Å²) in [6, 6.07) is 16.1. The van der Waals surface area contributed by atoms with Crippen molar-refractivity contribution < 1.29 is 33.3 Å². The zero-order valence-corrected chi connectivity index (χ0v) is 23.1. The van der Waals surface area contributed by atoms with E-state index in [1.54, 1.807) is 59.2 Å². The SMILES string of the molecule is C=CCC(C#N)c1c(C(=O)OC)ncn1[C@H]1C[C@H](OC(=O)c2ccc(C)cc2)[C@@H](COC(=O)c2ccc(C)cc2)O1. The molecular weight excluding hydrogens is 526 g/mol. The van der Waals surface area contributed by atoms with E-state index < -0.39 is 42.3 Å². The van der Waals surface area contributed by atoms with Crippen LogP contribution in [0.25, 0.3) is 0 Å². The highest BCUT2D eigenvalue weighted by Gasteiger charge is 2.42. The molecule has 0 radical (unpaired) electrons. The molecule has 10 heteroatoms. The van der Waals surface area contributed by atoms with Crippen molar-refractivity contribution in [1.82, 2.24) is 9.55 Å². The smallest absolute Gasteiger partial charge is 0.358 e. The fraction of sp³-hybridized carbons (Fsp3) is 0.323. The molecule has 41 heavy (non-hydrogen) atoms. The Morgan fingerprint density at radius 1 is 1.07 bits per heavy atom. The molecule has 0 aliphatic carbocycles. The molecule has 1 fully saturated rings. The summed E-state index contributed by atoms with van der Waals surface area (Å²) in [6.45, 7) is 7.34. The predicted molar refractivity (Wildman–Crippen MR) is 147 cm³/mol. The van der Waals surface area contributed by atoms with Crippen LogP contribution >= 0.6 is 0 Å². The molecule has 4 atom stereocenters. The lowest BCUT2D eigenvalue weighted by Crippen LogP contribution is -2.32. The van der Waals surface area contributed by atoms with Gasteiger partial charge in [0.2, 0.25) is 0 Å². The number of nitrogens with zero attached hydrogens (tertiary/aromatic N) is 3. The Morgan fingerprint density at radius 2 is 1.68 bits per heavy atom. The van der Waals surface area contributed by atoms with Crippen molar-refractivity contribution in [3.8, 4) is 6.07 Å². The van der Waals surface area contributed by atoms with Crippen molar-refractivity contribution >= 4 is 17.9 Å². The van der Waals surface area contributed by atoms with Gasteiger partial charge in [-0.25, -0.2) is 19.4 Å². The second-order valence-electron chi connectivity index (χ2n) is 9.72. The van der Waals surface area contributed by atoms with Gasteiger partial charge in [0, 0.05) is 6.42 Å². The summed E-state index contributed by atoms with van der Waals surface area (Å²) in [5.41, 5.74) is 3.01. The number of ether oxygens (including phenoxy) is 4. The van der Waals surface area contributed by atoms with Crippen LogP contribution in [0.4, 0.5) is 0 Å². The average Bonchev–Trinajstić information content (AvgIpc) is 3.59. The van der Waals surface area contributed by atoms with E-state index in [9.17, 15) is 19.6 Å². The van der Waals surface area contributed by atoms with Crippen LogP contribution in [-0.4, -0.2) is 53.4 Å². The molecule has 0 N–H and O–H groups in total. The molecule has 10 nitrogen and oxygen atoms in total. The zero-order chi connectivity index (χ0) is 29.5. The number of rotatable bonds is 10. The summed E-state index contributed by atoms with van der Waals surface area (Å²) in [5, 5.41) is 9.86. The summed E-state index contributed by atoms with van der Waals surface area (Å²) >= 11 is 0. The molecular formula is C31H31N3O7. The molecule has 4 rings (SSSR count). The van der Waals surface area contributed by atoms with Crippen LogP contribution in [-0.2, 0) is 18.9 Å². The second-order valence-corrected chi connectivity index (χ2v) is 9.72. The number of benzene rings is 2. The minimum absolute atomic E-state index is 0.0213. The lowest BCUT2D eigenvalue weighted by molar-refractivity contribution is -0.0578. The van der Waals surface area contributed by atoms with Gasteiger partial charge in [-0.2, -0.15) is 5.26 Å². The van der Waals surface area contributed by atoms with Crippen LogP contribution in [0.3, 0.4) is 0 Å². The molecule has 1 aromatic heterocycles. The minimum atomic E-state index is -0.833. The molecule has 2 aromatic carbocycles. The maximum Gasteiger partial charge on any atom is 0.358 e. The number of allylic oxidation sites excluding steroid dienone is 1. The predicted octanol–water partition coefficient (Wildman–Crippen LogP) is 4.84.